The number of methoxy groups -OCH3 is 1. The maximum Gasteiger partial charge on any atom is 0.229 e. The van der Waals surface area contributed by atoms with Crippen LogP contribution in [-0.2, 0) is 4.57 Å². The van der Waals surface area contributed by atoms with Crippen LogP contribution >= 0.6 is 18.7 Å². The van der Waals surface area contributed by atoms with Gasteiger partial charge in [-0.25, -0.2) is 4.98 Å². The summed E-state index contributed by atoms with van der Waals surface area (Å²) in [7, 11) is -0.841. The van der Waals surface area contributed by atoms with E-state index in [0.29, 0.717) is 34.3 Å². The SMILES string of the molecule is COc1cc(N2CCN(C3CNC3)CC2)ccc1Nc1ncc(Cl)c(Nc2ccccc2P(C)(C)=O)n1. The maximum absolute atomic E-state index is 12.8. The molecule has 0 radical (unpaired) electrons. The number of nitrogens with one attached hydrogen (secondary N) is 3. The molecule has 2 aliphatic heterocycles. The van der Waals surface area contributed by atoms with E-state index in [2.05, 4.69) is 41.8 Å². The summed E-state index contributed by atoms with van der Waals surface area (Å²) in [6, 6.07) is 14.3. The molecule has 2 fully saturated rings. The predicted octanol–water partition coefficient (Wildman–Crippen LogP) is 3.97. The lowest BCUT2D eigenvalue weighted by atomic mass is 10.1. The van der Waals surface area contributed by atoms with Crippen LogP contribution < -0.4 is 30.9 Å². The molecule has 1 aromatic heterocycles. The van der Waals surface area contributed by atoms with Gasteiger partial charge in [0.25, 0.3) is 0 Å². The van der Waals surface area contributed by atoms with Crippen molar-refractivity contribution in [3.63, 3.8) is 0 Å². The number of piperazine rings is 1. The van der Waals surface area contributed by atoms with Crippen LogP contribution in [0.3, 0.4) is 0 Å². The molecule has 0 unspecified atom stereocenters. The molecule has 3 aromatic rings. The van der Waals surface area contributed by atoms with Gasteiger partial charge in [-0.15, -0.1) is 0 Å². The van der Waals surface area contributed by atoms with E-state index in [-0.39, 0.29) is 0 Å². The zero-order valence-corrected chi connectivity index (χ0v) is 23.0. The quantitative estimate of drug-likeness (QED) is 0.366. The average molecular weight is 542 g/mol. The molecule has 0 saturated carbocycles. The monoisotopic (exact) mass is 541 g/mol. The third-order valence-electron chi connectivity index (χ3n) is 6.87. The number of hydrogen-bond acceptors (Lipinski definition) is 9. The van der Waals surface area contributed by atoms with Crippen molar-refractivity contribution in [2.45, 2.75) is 6.04 Å². The summed E-state index contributed by atoms with van der Waals surface area (Å²) in [5.41, 5.74) is 2.59. The number of nitrogens with zero attached hydrogens (tertiary/aromatic N) is 4. The smallest absolute Gasteiger partial charge is 0.229 e. The number of benzene rings is 2. The molecule has 0 bridgehead atoms. The Morgan fingerprint density at radius 1 is 1.05 bits per heavy atom. The number of rotatable bonds is 8. The van der Waals surface area contributed by atoms with Crippen LogP contribution in [-0.4, -0.2) is 80.6 Å². The summed E-state index contributed by atoms with van der Waals surface area (Å²) >= 11 is 6.40. The Hall–Kier alpha value is -2.84. The first kappa shape index (κ1) is 25.8. The molecule has 3 N–H and O–H groups in total. The second kappa shape index (κ2) is 10.9. The third-order valence-corrected chi connectivity index (χ3v) is 8.70. The number of ether oxygens (including phenoxy) is 1. The number of para-hydroxylation sites is 1. The molecule has 3 heterocycles. The fraction of sp³-hybridized carbons (Fsp3) is 0.385. The van der Waals surface area contributed by atoms with Crippen molar-refractivity contribution in [1.82, 2.24) is 20.2 Å². The third kappa shape index (κ3) is 5.85. The summed E-state index contributed by atoms with van der Waals surface area (Å²) in [4.78, 5) is 13.9. The molecule has 0 atom stereocenters. The number of halogens is 1. The molecule has 11 heteroatoms. The first-order valence-corrected chi connectivity index (χ1v) is 15.4. The largest absolute Gasteiger partial charge is 0.494 e. The molecule has 0 amide bonds. The van der Waals surface area contributed by atoms with Gasteiger partial charge in [0.2, 0.25) is 5.95 Å². The molecule has 0 spiro atoms. The first-order chi connectivity index (χ1) is 17.8. The van der Waals surface area contributed by atoms with Crippen LogP contribution in [0, 0.1) is 0 Å². The van der Waals surface area contributed by atoms with Gasteiger partial charge in [-0.05, 0) is 37.6 Å². The molecule has 37 heavy (non-hydrogen) atoms. The van der Waals surface area contributed by atoms with Gasteiger partial charge in [0.05, 0.1) is 24.7 Å². The van der Waals surface area contributed by atoms with E-state index in [0.717, 1.165) is 55.9 Å². The molecule has 0 aliphatic carbocycles. The van der Waals surface area contributed by atoms with Gasteiger partial charge in [0.15, 0.2) is 5.82 Å². The zero-order chi connectivity index (χ0) is 26.0. The number of aromatic nitrogens is 2. The Kier molecular flexibility index (Phi) is 7.58. The summed E-state index contributed by atoms with van der Waals surface area (Å²) in [6.07, 6.45) is 1.54. The highest BCUT2D eigenvalue weighted by atomic mass is 35.5. The highest BCUT2D eigenvalue weighted by molar-refractivity contribution is 7.70. The van der Waals surface area contributed by atoms with Crippen LogP contribution in [0.5, 0.6) is 5.75 Å². The minimum atomic E-state index is -2.50. The molecule has 5 rings (SSSR count). The Bertz CT molecular complexity index is 1310. The fourth-order valence-electron chi connectivity index (χ4n) is 4.67. The summed E-state index contributed by atoms with van der Waals surface area (Å²) in [5, 5.41) is 10.9. The second-order valence-corrected chi connectivity index (χ2v) is 13.3. The Morgan fingerprint density at radius 3 is 2.49 bits per heavy atom. The van der Waals surface area contributed by atoms with Gasteiger partial charge in [0.1, 0.15) is 17.9 Å². The topological polar surface area (TPSA) is 94.6 Å². The molecule has 9 nitrogen and oxygen atoms in total. The van der Waals surface area contributed by atoms with Gasteiger partial charge in [-0.2, -0.15) is 4.98 Å². The molecule has 2 saturated heterocycles. The second-order valence-electron chi connectivity index (χ2n) is 9.73. The molecular formula is C26H33ClN7O2P. The summed E-state index contributed by atoms with van der Waals surface area (Å²) in [5.74, 6) is 1.50. The van der Waals surface area contributed by atoms with E-state index in [4.69, 9.17) is 16.3 Å². The lowest BCUT2D eigenvalue weighted by molar-refractivity contribution is 0.138. The molecular weight excluding hydrogens is 509 g/mol. The lowest BCUT2D eigenvalue weighted by Crippen LogP contribution is -2.61. The van der Waals surface area contributed by atoms with Crippen molar-refractivity contribution >= 4 is 52.9 Å². The maximum atomic E-state index is 12.8. The van der Waals surface area contributed by atoms with Crippen molar-refractivity contribution in [2.75, 3.05) is 75.2 Å². The van der Waals surface area contributed by atoms with Crippen molar-refractivity contribution in [1.29, 1.82) is 0 Å². The van der Waals surface area contributed by atoms with Crippen LogP contribution in [0.25, 0.3) is 0 Å². The Morgan fingerprint density at radius 2 is 1.81 bits per heavy atom. The van der Waals surface area contributed by atoms with E-state index in [9.17, 15) is 4.57 Å². The van der Waals surface area contributed by atoms with Crippen molar-refractivity contribution < 1.29 is 9.30 Å². The van der Waals surface area contributed by atoms with E-state index >= 15 is 0 Å². The van der Waals surface area contributed by atoms with Crippen LogP contribution in [0.15, 0.2) is 48.7 Å². The highest BCUT2D eigenvalue weighted by Gasteiger charge is 2.28. The van der Waals surface area contributed by atoms with E-state index in [1.165, 1.54) is 6.20 Å². The lowest BCUT2D eigenvalue weighted by Gasteiger charge is -2.44. The minimum absolute atomic E-state index is 0.363. The van der Waals surface area contributed by atoms with Gasteiger partial charge in [-0.3, -0.25) is 4.90 Å². The van der Waals surface area contributed by atoms with Crippen molar-refractivity contribution in [3.8, 4) is 5.75 Å². The van der Waals surface area contributed by atoms with Crippen LogP contribution in [0.2, 0.25) is 5.02 Å². The summed E-state index contributed by atoms with van der Waals surface area (Å²) < 4.78 is 18.5. The standard InChI is InChI=1S/C26H33ClN7O2P/c1-36-23-14-18(33-10-12-34(13-11-33)19-15-28-16-19)8-9-21(23)31-26-29-17-20(27)25(32-26)30-22-6-4-5-7-24(22)37(2,3)35/h4-9,14,17,19,28H,10-13,15-16H2,1-3H3,(H2,29,30,31,32). The van der Waals surface area contributed by atoms with Crippen molar-refractivity contribution in [2.24, 2.45) is 0 Å². The van der Waals surface area contributed by atoms with E-state index in [1.807, 2.05) is 36.4 Å². The fourth-order valence-corrected chi connectivity index (χ4v) is 5.96. The van der Waals surface area contributed by atoms with Gasteiger partial charge < -0.3 is 30.2 Å². The van der Waals surface area contributed by atoms with Crippen molar-refractivity contribution in [3.05, 3.63) is 53.7 Å². The first-order valence-electron chi connectivity index (χ1n) is 12.4. The highest BCUT2D eigenvalue weighted by Crippen LogP contribution is 2.39. The van der Waals surface area contributed by atoms with Gasteiger partial charge in [0, 0.05) is 62.4 Å². The average Bonchev–Trinajstić information content (AvgIpc) is 2.85. The van der Waals surface area contributed by atoms with E-state index in [1.54, 1.807) is 20.4 Å². The van der Waals surface area contributed by atoms with Crippen LogP contribution in [0.4, 0.5) is 28.8 Å². The van der Waals surface area contributed by atoms with E-state index < -0.39 is 7.14 Å². The van der Waals surface area contributed by atoms with Crippen LogP contribution in [0.1, 0.15) is 0 Å². The van der Waals surface area contributed by atoms with Gasteiger partial charge in [-0.1, -0.05) is 23.7 Å². The number of hydrogen-bond donors (Lipinski definition) is 3. The predicted molar refractivity (Wildman–Crippen MR) is 153 cm³/mol. The minimum Gasteiger partial charge on any atom is -0.494 e. The summed E-state index contributed by atoms with van der Waals surface area (Å²) in [6.45, 7) is 9.80. The molecule has 196 valence electrons. The normalized spacial score (nSPS) is 16.8. The Balaban J connectivity index is 1.31. The number of anilines is 5. The zero-order valence-electron chi connectivity index (χ0n) is 21.4. The Labute approximate surface area is 222 Å². The molecule has 2 aromatic carbocycles. The van der Waals surface area contributed by atoms with Gasteiger partial charge >= 0.3 is 0 Å². The molecule has 2 aliphatic rings.